The van der Waals surface area contributed by atoms with Gasteiger partial charge in [-0.05, 0) is 25.7 Å². The molecule has 19 heavy (non-hydrogen) atoms. The first-order chi connectivity index (χ1) is 9.02. The molecular formula is C12H15N5O2. The van der Waals surface area contributed by atoms with Crippen molar-refractivity contribution in [3.05, 3.63) is 12.5 Å². The lowest BCUT2D eigenvalue weighted by Gasteiger charge is -2.26. The first-order valence-corrected chi connectivity index (χ1v) is 6.16. The van der Waals surface area contributed by atoms with Gasteiger partial charge >= 0.3 is 5.97 Å². The van der Waals surface area contributed by atoms with Crippen LogP contribution >= 0.6 is 0 Å². The lowest BCUT2D eigenvalue weighted by Crippen LogP contribution is -2.45. The van der Waals surface area contributed by atoms with Crippen molar-refractivity contribution in [2.45, 2.75) is 25.3 Å². The molecule has 1 aliphatic carbocycles. The molecule has 1 aliphatic rings. The van der Waals surface area contributed by atoms with E-state index in [9.17, 15) is 9.90 Å². The topological polar surface area (TPSA) is 92.9 Å². The molecule has 3 rings (SSSR count). The number of anilines is 1. The molecule has 1 unspecified atom stereocenters. The molecule has 1 fully saturated rings. The van der Waals surface area contributed by atoms with Gasteiger partial charge in [0.15, 0.2) is 5.65 Å². The molecule has 2 heterocycles. The second-order valence-corrected chi connectivity index (χ2v) is 5.13. The molecule has 0 spiro atoms. The highest BCUT2D eigenvalue weighted by atomic mass is 16.4. The van der Waals surface area contributed by atoms with Gasteiger partial charge in [-0.15, -0.1) is 0 Å². The number of nitrogens with zero attached hydrogens (tertiary/aromatic N) is 4. The summed E-state index contributed by atoms with van der Waals surface area (Å²) in [6, 6.07) is 0. The van der Waals surface area contributed by atoms with Crippen molar-refractivity contribution in [1.29, 1.82) is 0 Å². The predicted octanol–water partition coefficient (Wildman–Crippen LogP) is 1.03. The highest BCUT2D eigenvalue weighted by molar-refractivity contribution is 5.90. The van der Waals surface area contributed by atoms with Gasteiger partial charge in [-0.3, -0.25) is 4.68 Å². The van der Waals surface area contributed by atoms with E-state index >= 15 is 0 Å². The second-order valence-electron chi connectivity index (χ2n) is 5.13. The van der Waals surface area contributed by atoms with Gasteiger partial charge in [-0.25, -0.2) is 14.8 Å². The normalized spacial score (nSPS) is 18.2. The van der Waals surface area contributed by atoms with Crippen molar-refractivity contribution < 1.29 is 9.90 Å². The summed E-state index contributed by atoms with van der Waals surface area (Å²) in [6.45, 7) is 1.71. The van der Waals surface area contributed by atoms with Gasteiger partial charge < -0.3 is 10.4 Å². The van der Waals surface area contributed by atoms with Gasteiger partial charge in [0.2, 0.25) is 0 Å². The maximum Gasteiger partial charge on any atom is 0.329 e. The Morgan fingerprint density at radius 2 is 2.26 bits per heavy atom. The van der Waals surface area contributed by atoms with Crippen LogP contribution in [0.3, 0.4) is 0 Å². The minimum absolute atomic E-state index is 0.145. The van der Waals surface area contributed by atoms with E-state index in [0.717, 1.165) is 18.2 Å². The minimum Gasteiger partial charge on any atom is -0.480 e. The summed E-state index contributed by atoms with van der Waals surface area (Å²) >= 11 is 0. The first kappa shape index (κ1) is 11.9. The Morgan fingerprint density at radius 3 is 2.89 bits per heavy atom. The number of aliphatic carboxylic acids is 1. The van der Waals surface area contributed by atoms with Crippen molar-refractivity contribution in [2.24, 2.45) is 13.0 Å². The Balaban J connectivity index is 2.03. The largest absolute Gasteiger partial charge is 0.480 e. The molecule has 0 aliphatic heterocycles. The van der Waals surface area contributed by atoms with Gasteiger partial charge in [-0.2, -0.15) is 5.10 Å². The number of hydrogen-bond acceptors (Lipinski definition) is 5. The molecule has 0 amide bonds. The first-order valence-electron chi connectivity index (χ1n) is 6.16. The summed E-state index contributed by atoms with van der Waals surface area (Å²) in [5.41, 5.74) is -0.307. The standard InChI is InChI=1S/C12H15N5O2/c1-12(11(18)19,7-3-4-7)16-9-8-5-15-17(2)10(8)14-6-13-9/h5-7H,3-4H2,1-2H3,(H,18,19)(H,13,14,16). The number of aryl methyl sites for hydroxylation is 1. The van der Waals surface area contributed by atoms with Gasteiger partial charge in [0, 0.05) is 7.05 Å². The van der Waals surface area contributed by atoms with Gasteiger partial charge in [0.25, 0.3) is 0 Å². The Labute approximate surface area is 109 Å². The van der Waals surface area contributed by atoms with Crippen LogP contribution in [0.2, 0.25) is 0 Å². The fourth-order valence-corrected chi connectivity index (χ4v) is 2.30. The van der Waals surface area contributed by atoms with Crippen molar-refractivity contribution in [3.63, 3.8) is 0 Å². The summed E-state index contributed by atoms with van der Waals surface area (Å²) in [5.74, 6) is -0.188. The zero-order chi connectivity index (χ0) is 13.6. The fourth-order valence-electron chi connectivity index (χ4n) is 2.30. The van der Waals surface area contributed by atoms with Crippen molar-refractivity contribution >= 4 is 22.8 Å². The SMILES string of the molecule is Cn1ncc2c(NC(C)(C(=O)O)C3CC3)ncnc21. The lowest BCUT2D eigenvalue weighted by molar-refractivity contribution is -0.142. The van der Waals surface area contributed by atoms with E-state index < -0.39 is 11.5 Å². The minimum atomic E-state index is -0.989. The molecule has 1 saturated carbocycles. The second kappa shape index (κ2) is 3.91. The molecule has 7 nitrogen and oxygen atoms in total. The molecule has 0 bridgehead atoms. The van der Waals surface area contributed by atoms with Crippen LogP contribution in [-0.4, -0.2) is 36.4 Å². The number of carbonyl (C=O) groups is 1. The zero-order valence-corrected chi connectivity index (χ0v) is 10.8. The fraction of sp³-hybridized carbons (Fsp3) is 0.500. The highest BCUT2D eigenvalue weighted by Gasteiger charge is 2.48. The Bertz CT molecular complexity index is 649. The quantitative estimate of drug-likeness (QED) is 0.853. The highest BCUT2D eigenvalue weighted by Crippen LogP contribution is 2.42. The number of fused-ring (bicyclic) bond motifs is 1. The molecule has 2 aromatic heterocycles. The number of rotatable bonds is 4. The van der Waals surface area contributed by atoms with Crippen LogP contribution < -0.4 is 5.32 Å². The van der Waals surface area contributed by atoms with E-state index in [1.165, 1.54) is 6.33 Å². The Kier molecular flexibility index (Phi) is 2.44. The monoisotopic (exact) mass is 261 g/mol. The average molecular weight is 261 g/mol. The third-order valence-corrected chi connectivity index (χ3v) is 3.75. The van der Waals surface area contributed by atoms with Crippen molar-refractivity contribution in [2.75, 3.05) is 5.32 Å². The Hall–Kier alpha value is -2.18. The number of nitrogens with one attached hydrogen (secondary N) is 1. The average Bonchev–Trinajstić information content (AvgIpc) is 3.16. The van der Waals surface area contributed by atoms with E-state index in [1.807, 2.05) is 0 Å². The van der Waals surface area contributed by atoms with E-state index in [1.54, 1.807) is 24.9 Å². The number of carboxylic acids is 1. The summed E-state index contributed by atoms with van der Waals surface area (Å²) in [7, 11) is 1.79. The number of aromatic nitrogens is 4. The third-order valence-electron chi connectivity index (χ3n) is 3.75. The molecule has 0 saturated heterocycles. The molecule has 1 atom stereocenters. The van der Waals surface area contributed by atoms with E-state index in [-0.39, 0.29) is 5.92 Å². The molecule has 7 heteroatoms. The number of carboxylic acid groups (broad SMARTS) is 1. The smallest absolute Gasteiger partial charge is 0.329 e. The van der Waals surface area contributed by atoms with Gasteiger partial charge in [0.05, 0.1) is 11.6 Å². The van der Waals surface area contributed by atoms with Gasteiger partial charge in [-0.1, -0.05) is 0 Å². The number of hydrogen-bond donors (Lipinski definition) is 2. The maximum atomic E-state index is 11.5. The Morgan fingerprint density at radius 1 is 1.53 bits per heavy atom. The van der Waals surface area contributed by atoms with E-state index in [2.05, 4.69) is 20.4 Å². The van der Waals surface area contributed by atoms with Crippen LogP contribution in [-0.2, 0) is 11.8 Å². The van der Waals surface area contributed by atoms with Crippen LogP contribution in [0.25, 0.3) is 11.0 Å². The van der Waals surface area contributed by atoms with E-state index in [0.29, 0.717) is 11.5 Å². The van der Waals surface area contributed by atoms with Crippen LogP contribution in [0.4, 0.5) is 5.82 Å². The van der Waals surface area contributed by atoms with Crippen LogP contribution in [0.1, 0.15) is 19.8 Å². The molecule has 2 N–H and O–H groups in total. The van der Waals surface area contributed by atoms with Gasteiger partial charge in [0.1, 0.15) is 17.7 Å². The zero-order valence-electron chi connectivity index (χ0n) is 10.8. The van der Waals surface area contributed by atoms with Crippen LogP contribution in [0.5, 0.6) is 0 Å². The summed E-state index contributed by atoms with van der Waals surface area (Å²) in [5, 5.41) is 17.4. The predicted molar refractivity (Wildman–Crippen MR) is 68.7 cm³/mol. The molecule has 0 aromatic carbocycles. The summed E-state index contributed by atoms with van der Waals surface area (Å²) in [6.07, 6.45) is 4.92. The summed E-state index contributed by atoms with van der Waals surface area (Å²) in [4.78, 5) is 19.8. The molecule has 2 aromatic rings. The molecular weight excluding hydrogens is 246 g/mol. The van der Waals surface area contributed by atoms with Crippen molar-refractivity contribution in [3.8, 4) is 0 Å². The maximum absolute atomic E-state index is 11.5. The molecule has 0 radical (unpaired) electrons. The van der Waals surface area contributed by atoms with Crippen LogP contribution in [0.15, 0.2) is 12.5 Å². The summed E-state index contributed by atoms with van der Waals surface area (Å²) < 4.78 is 1.64. The lowest BCUT2D eigenvalue weighted by atomic mass is 9.96. The van der Waals surface area contributed by atoms with Crippen LogP contribution in [0, 0.1) is 5.92 Å². The third kappa shape index (κ3) is 1.81. The van der Waals surface area contributed by atoms with E-state index in [4.69, 9.17) is 0 Å². The van der Waals surface area contributed by atoms with Crippen molar-refractivity contribution in [1.82, 2.24) is 19.7 Å². The molecule has 100 valence electrons.